The van der Waals surface area contributed by atoms with Gasteiger partial charge in [0.15, 0.2) is 0 Å². The monoisotopic (exact) mass is 702 g/mol. The second-order valence-electron chi connectivity index (χ2n) is 13.0. The van der Waals surface area contributed by atoms with Crippen LogP contribution in [-0.4, -0.2) is 15.1 Å². The summed E-state index contributed by atoms with van der Waals surface area (Å²) in [6.45, 7) is 19.5. The van der Waals surface area contributed by atoms with Crippen LogP contribution in [0.4, 0.5) is 0 Å². The van der Waals surface area contributed by atoms with Gasteiger partial charge >= 0.3 is 0 Å². The molecule has 5 heteroatoms. The molecule has 0 amide bonds. The molecule has 4 nitrogen and oxygen atoms in total. The second kappa shape index (κ2) is 11.3. The molecule has 0 aliphatic carbocycles. The van der Waals surface area contributed by atoms with Gasteiger partial charge in [-0.25, -0.2) is 4.98 Å². The zero-order valence-corrected chi connectivity index (χ0v) is 26.7. The van der Waals surface area contributed by atoms with E-state index in [-0.39, 0.29) is 43.1 Å². The molecule has 208 valence electrons. The molecule has 0 aliphatic rings. The van der Waals surface area contributed by atoms with Crippen LogP contribution in [0.25, 0.3) is 22.5 Å². The van der Waals surface area contributed by atoms with E-state index in [9.17, 15) is 5.11 Å². The third-order valence-corrected chi connectivity index (χ3v) is 6.65. The number of aromatic nitrogens is 2. The Morgan fingerprint density at radius 3 is 1.95 bits per heavy atom. The van der Waals surface area contributed by atoms with Gasteiger partial charge in [-0.15, -0.1) is 23.8 Å². The van der Waals surface area contributed by atoms with Crippen LogP contribution in [-0.2, 0) is 37.3 Å². The first-order valence-electron chi connectivity index (χ1n) is 13.2. The average Bonchev–Trinajstić information content (AvgIpc) is 2.83. The normalized spacial score (nSPS) is 12.1. The fourth-order valence-corrected chi connectivity index (χ4v) is 4.25. The summed E-state index contributed by atoms with van der Waals surface area (Å²) in [4.78, 5) is 9.34. The molecule has 1 N–H and O–H groups in total. The molecule has 39 heavy (non-hydrogen) atoms. The van der Waals surface area contributed by atoms with Gasteiger partial charge < -0.3 is 9.84 Å². The van der Waals surface area contributed by atoms with E-state index in [0.29, 0.717) is 11.6 Å². The molecule has 0 unspecified atom stereocenters. The van der Waals surface area contributed by atoms with Gasteiger partial charge in [-0.3, -0.25) is 4.98 Å². The van der Waals surface area contributed by atoms with Crippen LogP contribution in [0.5, 0.6) is 17.4 Å². The van der Waals surface area contributed by atoms with Crippen molar-refractivity contribution in [2.75, 3.05) is 0 Å². The van der Waals surface area contributed by atoms with Crippen molar-refractivity contribution in [1.82, 2.24) is 9.97 Å². The minimum absolute atomic E-state index is 0. The molecule has 0 fully saturated rings. The smallest absolute Gasteiger partial charge is 0.217 e. The summed E-state index contributed by atoms with van der Waals surface area (Å²) in [5, 5.41) is 11.6. The van der Waals surface area contributed by atoms with E-state index in [1.807, 2.05) is 36.4 Å². The summed E-state index contributed by atoms with van der Waals surface area (Å²) in [7, 11) is 0. The molecule has 0 radical (unpaired) electrons. The number of rotatable bonds is 4. The van der Waals surface area contributed by atoms with Gasteiger partial charge in [0.05, 0.1) is 5.69 Å². The van der Waals surface area contributed by atoms with Crippen LogP contribution in [0.3, 0.4) is 0 Å². The number of pyridine rings is 2. The molecule has 2 heterocycles. The van der Waals surface area contributed by atoms with Crippen molar-refractivity contribution < 1.29 is 30.9 Å². The average molecular weight is 703 g/mol. The molecule has 2 aromatic carbocycles. The van der Waals surface area contributed by atoms with Gasteiger partial charge in [0.2, 0.25) is 5.88 Å². The fraction of sp³-hybridized carbons (Fsp3) is 0.353. The largest absolute Gasteiger partial charge is 0.507 e. The molecule has 0 bridgehead atoms. The van der Waals surface area contributed by atoms with Crippen LogP contribution >= 0.6 is 0 Å². The van der Waals surface area contributed by atoms with Crippen molar-refractivity contribution in [1.29, 1.82) is 0 Å². The molecule has 0 aliphatic heterocycles. The van der Waals surface area contributed by atoms with E-state index in [4.69, 9.17) is 9.72 Å². The second-order valence-corrected chi connectivity index (χ2v) is 13.0. The number of hydrogen-bond acceptors (Lipinski definition) is 4. The first-order valence-corrected chi connectivity index (χ1v) is 13.2. The summed E-state index contributed by atoms with van der Waals surface area (Å²) in [5.74, 6) is 1.36. The molecule has 0 atom stereocenters. The maximum atomic E-state index is 11.6. The quantitative estimate of drug-likeness (QED) is 0.216. The van der Waals surface area contributed by atoms with E-state index in [0.717, 1.165) is 39.2 Å². The standard InChI is InChI=1S/C34H39N2O2.Pt/c1-32(2,3)23-18-26(31(37)27(19-23)34(7,8)9)29-21-24(33(4,5)6)20-28(36-29)22-13-12-14-25(17-22)38-30-15-10-11-16-35-30;/h10-16,18-21,37H,1-9H3;/q-1;. The van der Waals surface area contributed by atoms with Gasteiger partial charge in [0, 0.05) is 50.2 Å². The Labute approximate surface area is 248 Å². The summed E-state index contributed by atoms with van der Waals surface area (Å²) in [6, 6.07) is 23.1. The van der Waals surface area contributed by atoms with Crippen molar-refractivity contribution in [3.05, 3.63) is 89.6 Å². The molecule has 4 rings (SSSR count). The van der Waals surface area contributed by atoms with Crippen LogP contribution < -0.4 is 4.74 Å². The molecule has 0 saturated heterocycles. The minimum Gasteiger partial charge on any atom is -0.507 e. The van der Waals surface area contributed by atoms with Crippen LogP contribution in [0, 0.1) is 6.07 Å². The predicted octanol–water partition coefficient (Wildman–Crippen LogP) is 9.00. The summed E-state index contributed by atoms with van der Waals surface area (Å²) in [5.41, 5.74) is 5.84. The van der Waals surface area contributed by atoms with Gasteiger partial charge in [0.25, 0.3) is 0 Å². The Morgan fingerprint density at radius 1 is 0.718 bits per heavy atom. The number of benzene rings is 2. The Kier molecular flexibility index (Phi) is 8.82. The Balaban J connectivity index is 0.00000420. The Hall–Kier alpha value is -2.97. The molecule has 2 aromatic heterocycles. The van der Waals surface area contributed by atoms with Gasteiger partial charge in [-0.1, -0.05) is 86.6 Å². The third-order valence-electron chi connectivity index (χ3n) is 6.65. The van der Waals surface area contributed by atoms with Crippen LogP contribution in [0.15, 0.2) is 66.9 Å². The number of phenolic OH excluding ortho intramolecular Hbond substituents is 1. The predicted molar refractivity (Wildman–Crippen MR) is 156 cm³/mol. The Bertz CT molecular complexity index is 1440. The summed E-state index contributed by atoms with van der Waals surface area (Å²) in [6.07, 6.45) is 1.70. The van der Waals surface area contributed by atoms with Crippen LogP contribution in [0.2, 0.25) is 0 Å². The van der Waals surface area contributed by atoms with Gasteiger partial charge in [-0.2, -0.15) is 0 Å². The SMILES string of the molecule is CC(C)(C)c1cc(-c2[c-]c(Oc3ccccn3)ccc2)nc(-c2cc(C(C)(C)C)cc(C(C)(C)C)c2O)c1.[Pt]. The van der Waals surface area contributed by atoms with E-state index < -0.39 is 0 Å². The van der Waals surface area contributed by atoms with Crippen molar-refractivity contribution in [3.8, 4) is 39.9 Å². The number of nitrogens with zero attached hydrogens (tertiary/aromatic N) is 2. The van der Waals surface area contributed by atoms with E-state index >= 15 is 0 Å². The van der Waals surface area contributed by atoms with Crippen molar-refractivity contribution in [3.63, 3.8) is 0 Å². The van der Waals surface area contributed by atoms with E-state index in [1.165, 1.54) is 0 Å². The first-order chi connectivity index (χ1) is 17.6. The number of phenols is 1. The maximum Gasteiger partial charge on any atom is 0.217 e. The number of aromatic hydroxyl groups is 1. The fourth-order valence-electron chi connectivity index (χ4n) is 4.25. The summed E-state index contributed by atoms with van der Waals surface area (Å²) >= 11 is 0. The molecular weight excluding hydrogens is 663 g/mol. The molecule has 4 aromatic rings. The zero-order valence-electron chi connectivity index (χ0n) is 24.4. The minimum atomic E-state index is -0.227. The Morgan fingerprint density at radius 2 is 1.36 bits per heavy atom. The van der Waals surface area contributed by atoms with Gasteiger partial charge in [0.1, 0.15) is 5.75 Å². The van der Waals surface area contributed by atoms with E-state index in [2.05, 4.69) is 97.6 Å². The van der Waals surface area contributed by atoms with Crippen molar-refractivity contribution in [2.45, 2.75) is 78.6 Å². The number of ether oxygens (including phenoxy) is 1. The van der Waals surface area contributed by atoms with Crippen molar-refractivity contribution >= 4 is 0 Å². The van der Waals surface area contributed by atoms with Gasteiger partial charge in [-0.05, 0) is 51.3 Å². The summed E-state index contributed by atoms with van der Waals surface area (Å²) < 4.78 is 5.94. The molecule has 0 saturated carbocycles. The van der Waals surface area contributed by atoms with Crippen LogP contribution in [0.1, 0.15) is 79.0 Å². The van der Waals surface area contributed by atoms with E-state index in [1.54, 1.807) is 6.20 Å². The zero-order chi connectivity index (χ0) is 27.9. The first kappa shape index (κ1) is 30.6. The third kappa shape index (κ3) is 7.16. The molecule has 0 spiro atoms. The van der Waals surface area contributed by atoms with Crippen molar-refractivity contribution in [2.24, 2.45) is 0 Å². The maximum absolute atomic E-state index is 11.6. The number of hydrogen-bond donors (Lipinski definition) is 1. The molecular formula is C34H39N2O2Pt-. The topological polar surface area (TPSA) is 55.2 Å².